The molecule has 4 nitrogen and oxygen atoms in total. The highest BCUT2D eigenvalue weighted by Crippen LogP contribution is 2.20. The van der Waals surface area contributed by atoms with Crippen molar-refractivity contribution in [1.82, 2.24) is 9.97 Å². The van der Waals surface area contributed by atoms with Crippen molar-refractivity contribution >= 4 is 17.5 Å². The van der Waals surface area contributed by atoms with Crippen LogP contribution in [0.5, 0.6) is 0 Å². The lowest BCUT2D eigenvalue weighted by Crippen LogP contribution is -2.07. The molecular weight excluding hydrogens is 303 g/mol. The zero-order chi connectivity index (χ0) is 16.9. The molecule has 1 aromatic heterocycles. The maximum absolute atomic E-state index is 13.8. The second kappa shape index (κ2) is 7.08. The van der Waals surface area contributed by atoms with E-state index in [4.69, 9.17) is 0 Å². The van der Waals surface area contributed by atoms with Gasteiger partial charge in [-0.3, -0.25) is 0 Å². The molecule has 0 spiro atoms. The highest BCUT2D eigenvalue weighted by molar-refractivity contribution is 5.58. The average molecular weight is 322 g/mol. The molecule has 3 aromatic rings. The van der Waals surface area contributed by atoms with Gasteiger partial charge in [-0.05, 0) is 37.1 Å². The van der Waals surface area contributed by atoms with E-state index in [0.29, 0.717) is 24.0 Å². The molecule has 2 N–H and O–H groups in total. The molecule has 0 aliphatic heterocycles. The van der Waals surface area contributed by atoms with Crippen molar-refractivity contribution < 1.29 is 4.39 Å². The molecule has 0 bridgehead atoms. The van der Waals surface area contributed by atoms with Gasteiger partial charge >= 0.3 is 0 Å². The molecule has 5 heteroatoms. The Bertz CT molecular complexity index is 848. The van der Waals surface area contributed by atoms with Crippen molar-refractivity contribution in [3.63, 3.8) is 0 Å². The van der Waals surface area contributed by atoms with Crippen LogP contribution >= 0.6 is 0 Å². The molecule has 0 saturated heterocycles. The van der Waals surface area contributed by atoms with Gasteiger partial charge in [-0.15, -0.1) is 0 Å². The maximum Gasteiger partial charge on any atom is 0.225 e. The highest BCUT2D eigenvalue weighted by Gasteiger charge is 2.06. The third kappa shape index (κ3) is 3.87. The Balaban J connectivity index is 1.77. The van der Waals surface area contributed by atoms with Gasteiger partial charge in [0.1, 0.15) is 11.6 Å². The number of rotatable bonds is 5. The summed E-state index contributed by atoms with van der Waals surface area (Å²) in [5.74, 6) is 0.750. The lowest BCUT2D eigenvalue weighted by atomic mass is 10.1. The Morgan fingerprint density at radius 2 is 1.71 bits per heavy atom. The molecule has 0 amide bonds. The Morgan fingerprint density at radius 3 is 2.50 bits per heavy atom. The number of para-hydroxylation sites is 1. The standard InChI is InChI=1S/C19H19FN4/c1-13-7-3-4-8-15(13)12-21-19-22-14(2)11-18(24-19)23-17-10-6-5-9-16(17)20/h3-11H,12H2,1-2H3,(H2,21,22,23,24). The number of nitrogens with zero attached hydrogens (tertiary/aromatic N) is 2. The topological polar surface area (TPSA) is 49.8 Å². The summed E-state index contributed by atoms with van der Waals surface area (Å²) in [5.41, 5.74) is 3.59. The van der Waals surface area contributed by atoms with Crippen LogP contribution in [0.15, 0.2) is 54.6 Å². The fourth-order valence-corrected chi connectivity index (χ4v) is 2.39. The second-order valence-corrected chi connectivity index (χ2v) is 5.60. The number of aromatic nitrogens is 2. The van der Waals surface area contributed by atoms with Crippen LogP contribution in [0, 0.1) is 19.7 Å². The fourth-order valence-electron chi connectivity index (χ4n) is 2.39. The molecule has 0 unspecified atom stereocenters. The third-order valence-electron chi connectivity index (χ3n) is 3.69. The number of anilines is 3. The summed E-state index contributed by atoms with van der Waals surface area (Å²) in [7, 11) is 0. The number of hydrogen-bond donors (Lipinski definition) is 2. The monoisotopic (exact) mass is 322 g/mol. The first-order valence-electron chi connectivity index (χ1n) is 7.77. The van der Waals surface area contributed by atoms with Gasteiger partial charge in [-0.2, -0.15) is 4.98 Å². The predicted octanol–water partition coefficient (Wildman–Crippen LogP) is 4.59. The van der Waals surface area contributed by atoms with Crippen LogP contribution in [0.1, 0.15) is 16.8 Å². The van der Waals surface area contributed by atoms with Gasteiger partial charge in [-0.25, -0.2) is 9.37 Å². The van der Waals surface area contributed by atoms with E-state index >= 15 is 0 Å². The van der Waals surface area contributed by atoms with Crippen LogP contribution in [-0.2, 0) is 6.54 Å². The van der Waals surface area contributed by atoms with E-state index in [-0.39, 0.29) is 5.82 Å². The van der Waals surface area contributed by atoms with E-state index in [0.717, 1.165) is 5.69 Å². The smallest absolute Gasteiger partial charge is 0.225 e. The van der Waals surface area contributed by atoms with Crippen LogP contribution in [0.3, 0.4) is 0 Å². The summed E-state index contributed by atoms with van der Waals surface area (Å²) in [4.78, 5) is 8.80. The lowest BCUT2D eigenvalue weighted by molar-refractivity contribution is 0.632. The molecule has 122 valence electrons. The van der Waals surface area contributed by atoms with Gasteiger partial charge < -0.3 is 10.6 Å². The van der Waals surface area contributed by atoms with E-state index in [9.17, 15) is 4.39 Å². The van der Waals surface area contributed by atoms with Gasteiger partial charge in [0.15, 0.2) is 0 Å². The Labute approximate surface area is 140 Å². The third-order valence-corrected chi connectivity index (χ3v) is 3.69. The Hall–Kier alpha value is -2.95. The van der Waals surface area contributed by atoms with Crippen LogP contribution < -0.4 is 10.6 Å². The van der Waals surface area contributed by atoms with Crippen molar-refractivity contribution in [2.75, 3.05) is 10.6 Å². The first-order valence-corrected chi connectivity index (χ1v) is 7.77. The number of hydrogen-bond acceptors (Lipinski definition) is 4. The molecule has 0 fully saturated rings. The normalized spacial score (nSPS) is 10.5. The molecule has 24 heavy (non-hydrogen) atoms. The number of halogens is 1. The lowest BCUT2D eigenvalue weighted by Gasteiger charge is -2.11. The molecule has 3 rings (SSSR count). The van der Waals surface area contributed by atoms with Crippen LogP contribution in [-0.4, -0.2) is 9.97 Å². The van der Waals surface area contributed by atoms with Gasteiger partial charge in [0.2, 0.25) is 5.95 Å². The predicted molar refractivity (Wildman–Crippen MR) is 95.0 cm³/mol. The minimum Gasteiger partial charge on any atom is -0.350 e. The summed E-state index contributed by atoms with van der Waals surface area (Å²) in [5, 5.41) is 6.22. The molecule has 0 atom stereocenters. The molecule has 0 aliphatic rings. The van der Waals surface area contributed by atoms with Crippen molar-refractivity contribution in [3.8, 4) is 0 Å². The first kappa shape index (κ1) is 15.9. The van der Waals surface area contributed by atoms with Crippen molar-refractivity contribution in [3.05, 3.63) is 77.2 Å². The quantitative estimate of drug-likeness (QED) is 0.721. The SMILES string of the molecule is Cc1cc(Nc2ccccc2F)nc(NCc2ccccc2C)n1. The van der Waals surface area contributed by atoms with Gasteiger partial charge in [-0.1, -0.05) is 36.4 Å². The van der Waals surface area contributed by atoms with Gasteiger partial charge in [0, 0.05) is 18.3 Å². The second-order valence-electron chi connectivity index (χ2n) is 5.60. The average Bonchev–Trinajstić information content (AvgIpc) is 2.56. The zero-order valence-electron chi connectivity index (χ0n) is 13.7. The summed E-state index contributed by atoms with van der Waals surface area (Å²) in [6.45, 7) is 4.59. The molecule has 0 saturated carbocycles. The highest BCUT2D eigenvalue weighted by atomic mass is 19.1. The van der Waals surface area contributed by atoms with Crippen LogP contribution in [0.2, 0.25) is 0 Å². The van der Waals surface area contributed by atoms with E-state index in [1.807, 2.05) is 19.1 Å². The molecule has 0 radical (unpaired) electrons. The van der Waals surface area contributed by atoms with Crippen molar-refractivity contribution in [2.45, 2.75) is 20.4 Å². The summed E-state index contributed by atoms with van der Waals surface area (Å²) in [6, 6.07) is 16.4. The first-order chi connectivity index (χ1) is 11.6. The van der Waals surface area contributed by atoms with Crippen molar-refractivity contribution in [1.29, 1.82) is 0 Å². The van der Waals surface area contributed by atoms with E-state index in [1.54, 1.807) is 24.3 Å². The van der Waals surface area contributed by atoms with Gasteiger partial charge in [0.25, 0.3) is 0 Å². The number of aryl methyl sites for hydroxylation is 2. The van der Waals surface area contributed by atoms with E-state index in [1.165, 1.54) is 17.2 Å². The molecular formula is C19H19FN4. The van der Waals surface area contributed by atoms with E-state index < -0.39 is 0 Å². The van der Waals surface area contributed by atoms with Gasteiger partial charge in [0.05, 0.1) is 5.69 Å². The Kier molecular flexibility index (Phi) is 4.70. The van der Waals surface area contributed by atoms with E-state index in [2.05, 4.69) is 39.7 Å². The summed E-state index contributed by atoms with van der Waals surface area (Å²) < 4.78 is 13.8. The summed E-state index contributed by atoms with van der Waals surface area (Å²) >= 11 is 0. The molecule has 2 aromatic carbocycles. The number of nitrogens with one attached hydrogen (secondary N) is 2. The minimum atomic E-state index is -0.316. The minimum absolute atomic E-state index is 0.316. The van der Waals surface area contributed by atoms with Crippen LogP contribution in [0.4, 0.5) is 21.8 Å². The zero-order valence-corrected chi connectivity index (χ0v) is 13.7. The van der Waals surface area contributed by atoms with Crippen molar-refractivity contribution in [2.24, 2.45) is 0 Å². The number of benzene rings is 2. The molecule has 1 heterocycles. The fraction of sp³-hybridized carbons (Fsp3) is 0.158. The van der Waals surface area contributed by atoms with Crippen LogP contribution in [0.25, 0.3) is 0 Å². The molecule has 0 aliphatic carbocycles. The summed E-state index contributed by atoms with van der Waals surface area (Å²) in [6.07, 6.45) is 0. The Morgan fingerprint density at radius 1 is 0.958 bits per heavy atom. The maximum atomic E-state index is 13.8. The largest absolute Gasteiger partial charge is 0.350 e.